The third-order valence-corrected chi connectivity index (χ3v) is 6.83. The maximum absolute atomic E-state index is 12.7. The van der Waals surface area contributed by atoms with E-state index in [4.69, 9.17) is 9.26 Å². The van der Waals surface area contributed by atoms with Crippen LogP contribution in [-0.4, -0.2) is 55.1 Å². The maximum atomic E-state index is 12.7. The Kier molecular flexibility index (Phi) is 6.12. The molecule has 1 fully saturated rings. The van der Waals surface area contributed by atoms with Crippen LogP contribution in [0.5, 0.6) is 0 Å². The Bertz CT molecular complexity index is 1140. The van der Waals surface area contributed by atoms with E-state index in [0.717, 1.165) is 0 Å². The number of aromatic nitrogens is 2. The van der Waals surface area contributed by atoms with Crippen LogP contribution in [-0.2, 0) is 14.8 Å². The van der Waals surface area contributed by atoms with Crippen molar-refractivity contribution in [3.63, 3.8) is 0 Å². The number of ether oxygens (including phenoxy) is 1. The number of carbonyl (C=O) groups excluding carboxylic acids is 1. The molecule has 4 rings (SSSR count). The number of amides is 1. The van der Waals surface area contributed by atoms with Crippen molar-refractivity contribution in [2.75, 3.05) is 26.3 Å². The second kappa shape index (κ2) is 8.96. The molecule has 1 saturated heterocycles. The zero-order valence-corrected chi connectivity index (χ0v) is 17.7. The van der Waals surface area contributed by atoms with Crippen LogP contribution in [0.1, 0.15) is 29.2 Å². The summed E-state index contributed by atoms with van der Waals surface area (Å²) in [5, 5.41) is 6.77. The van der Waals surface area contributed by atoms with Gasteiger partial charge in [-0.3, -0.25) is 4.79 Å². The van der Waals surface area contributed by atoms with Gasteiger partial charge in [-0.25, -0.2) is 8.42 Å². The summed E-state index contributed by atoms with van der Waals surface area (Å²) in [6.45, 7) is 3.20. The summed E-state index contributed by atoms with van der Waals surface area (Å²) in [5.41, 5.74) is 1.14. The Morgan fingerprint density at radius 3 is 2.42 bits per heavy atom. The number of hydrogen-bond donors (Lipinski definition) is 1. The minimum atomic E-state index is -3.57. The molecular formula is C21H22N4O5S. The highest BCUT2D eigenvalue weighted by molar-refractivity contribution is 7.89. The second-order valence-corrected chi connectivity index (χ2v) is 9.00. The van der Waals surface area contributed by atoms with E-state index < -0.39 is 16.1 Å². The van der Waals surface area contributed by atoms with Gasteiger partial charge in [0.05, 0.1) is 18.1 Å². The SMILES string of the molecule is CC(NC(=O)c1ccccc1)c1nc(-c2ccc(S(=O)(=O)N3CCOCC3)cc2)no1. The van der Waals surface area contributed by atoms with E-state index in [1.54, 1.807) is 43.3 Å². The lowest BCUT2D eigenvalue weighted by Crippen LogP contribution is -2.40. The molecule has 1 N–H and O–H groups in total. The Morgan fingerprint density at radius 2 is 1.74 bits per heavy atom. The van der Waals surface area contributed by atoms with Gasteiger partial charge in [-0.1, -0.05) is 23.4 Å². The average molecular weight is 442 g/mol. The van der Waals surface area contributed by atoms with Crippen molar-refractivity contribution in [1.29, 1.82) is 0 Å². The Morgan fingerprint density at radius 1 is 1.06 bits per heavy atom. The van der Waals surface area contributed by atoms with Gasteiger partial charge in [0.1, 0.15) is 6.04 Å². The predicted octanol–water partition coefficient (Wildman–Crippen LogP) is 2.25. The molecule has 31 heavy (non-hydrogen) atoms. The quantitative estimate of drug-likeness (QED) is 0.623. The summed E-state index contributed by atoms with van der Waals surface area (Å²) in [6.07, 6.45) is 0. The van der Waals surface area contributed by atoms with Gasteiger partial charge in [-0.05, 0) is 43.3 Å². The number of nitrogens with one attached hydrogen (secondary N) is 1. The first-order valence-corrected chi connectivity index (χ1v) is 11.3. The molecule has 0 saturated carbocycles. The van der Waals surface area contributed by atoms with Crippen LogP contribution in [0.4, 0.5) is 0 Å². The van der Waals surface area contributed by atoms with Crippen LogP contribution in [0.25, 0.3) is 11.4 Å². The monoisotopic (exact) mass is 442 g/mol. The largest absolute Gasteiger partial charge is 0.379 e. The molecule has 1 aliphatic rings. The van der Waals surface area contributed by atoms with E-state index >= 15 is 0 Å². The highest BCUT2D eigenvalue weighted by Crippen LogP contribution is 2.23. The minimum Gasteiger partial charge on any atom is -0.379 e. The highest BCUT2D eigenvalue weighted by Gasteiger charge is 2.26. The fourth-order valence-electron chi connectivity index (χ4n) is 3.17. The van der Waals surface area contributed by atoms with Gasteiger partial charge >= 0.3 is 0 Å². The summed E-state index contributed by atoms with van der Waals surface area (Å²) in [7, 11) is -3.57. The fourth-order valence-corrected chi connectivity index (χ4v) is 4.58. The zero-order valence-electron chi connectivity index (χ0n) is 16.9. The highest BCUT2D eigenvalue weighted by atomic mass is 32.2. The summed E-state index contributed by atoms with van der Waals surface area (Å²) in [4.78, 5) is 16.8. The minimum absolute atomic E-state index is 0.199. The van der Waals surface area contributed by atoms with E-state index in [1.165, 1.54) is 16.4 Å². The van der Waals surface area contributed by atoms with E-state index in [0.29, 0.717) is 43.3 Å². The zero-order chi connectivity index (χ0) is 21.8. The third kappa shape index (κ3) is 4.66. The summed E-state index contributed by atoms with van der Waals surface area (Å²) < 4.78 is 37.4. The van der Waals surface area contributed by atoms with E-state index in [-0.39, 0.29) is 16.7 Å². The van der Waals surface area contributed by atoms with Crippen molar-refractivity contribution in [3.05, 3.63) is 66.1 Å². The molecule has 0 bridgehead atoms. The standard InChI is InChI=1S/C21H22N4O5S/c1-15(22-20(26)17-5-3-2-4-6-17)21-23-19(24-30-21)16-7-9-18(10-8-16)31(27,28)25-11-13-29-14-12-25/h2-10,15H,11-14H2,1H3,(H,22,26). The lowest BCUT2D eigenvalue weighted by atomic mass is 10.2. The Hall–Kier alpha value is -3.08. The molecule has 2 aromatic carbocycles. The Balaban J connectivity index is 1.45. The third-order valence-electron chi connectivity index (χ3n) is 4.92. The topological polar surface area (TPSA) is 115 Å². The van der Waals surface area contributed by atoms with Gasteiger partial charge in [-0.2, -0.15) is 9.29 Å². The van der Waals surface area contributed by atoms with E-state index in [2.05, 4.69) is 15.5 Å². The second-order valence-electron chi connectivity index (χ2n) is 7.06. The molecule has 0 radical (unpaired) electrons. The van der Waals surface area contributed by atoms with Crippen molar-refractivity contribution in [2.45, 2.75) is 17.9 Å². The number of sulfonamides is 1. The number of hydrogen-bond acceptors (Lipinski definition) is 7. The van der Waals surface area contributed by atoms with Gasteiger partial charge in [0.15, 0.2) is 0 Å². The smallest absolute Gasteiger partial charge is 0.251 e. The van der Waals surface area contributed by atoms with Crippen molar-refractivity contribution in [3.8, 4) is 11.4 Å². The number of nitrogens with zero attached hydrogens (tertiary/aromatic N) is 3. The number of rotatable bonds is 6. The molecule has 9 nitrogen and oxygen atoms in total. The fraction of sp³-hybridized carbons (Fsp3) is 0.286. The van der Waals surface area contributed by atoms with Crippen LogP contribution in [0.2, 0.25) is 0 Å². The normalized spacial score (nSPS) is 16.0. The molecule has 0 aliphatic carbocycles. The molecule has 1 atom stereocenters. The number of morpholine rings is 1. The lowest BCUT2D eigenvalue weighted by molar-refractivity contribution is 0.0730. The van der Waals surface area contributed by atoms with E-state index in [1.807, 2.05) is 6.07 Å². The molecule has 1 aromatic heterocycles. The van der Waals surface area contributed by atoms with Crippen LogP contribution < -0.4 is 5.32 Å². The maximum Gasteiger partial charge on any atom is 0.251 e. The van der Waals surface area contributed by atoms with Gasteiger partial charge in [-0.15, -0.1) is 0 Å². The van der Waals surface area contributed by atoms with Gasteiger partial charge < -0.3 is 14.6 Å². The van der Waals surface area contributed by atoms with Crippen LogP contribution in [0, 0.1) is 0 Å². The van der Waals surface area contributed by atoms with Crippen molar-refractivity contribution in [1.82, 2.24) is 19.8 Å². The first-order valence-electron chi connectivity index (χ1n) is 9.83. The molecular weight excluding hydrogens is 420 g/mol. The van der Waals surface area contributed by atoms with Gasteiger partial charge in [0, 0.05) is 24.2 Å². The van der Waals surface area contributed by atoms with Gasteiger partial charge in [0.2, 0.25) is 21.7 Å². The molecule has 10 heteroatoms. The molecule has 2 heterocycles. The average Bonchev–Trinajstić information content (AvgIpc) is 3.31. The van der Waals surface area contributed by atoms with Crippen molar-refractivity contribution in [2.24, 2.45) is 0 Å². The number of benzene rings is 2. The Labute approximate surface area is 180 Å². The molecule has 1 amide bonds. The van der Waals surface area contributed by atoms with Gasteiger partial charge in [0.25, 0.3) is 5.91 Å². The molecule has 3 aromatic rings. The van der Waals surface area contributed by atoms with Crippen molar-refractivity contribution >= 4 is 15.9 Å². The lowest BCUT2D eigenvalue weighted by Gasteiger charge is -2.26. The summed E-state index contributed by atoms with van der Waals surface area (Å²) in [5.74, 6) is 0.320. The van der Waals surface area contributed by atoms with Crippen LogP contribution >= 0.6 is 0 Å². The van der Waals surface area contributed by atoms with Crippen LogP contribution in [0.15, 0.2) is 64.0 Å². The van der Waals surface area contributed by atoms with Crippen LogP contribution in [0.3, 0.4) is 0 Å². The molecule has 0 spiro atoms. The molecule has 162 valence electrons. The predicted molar refractivity (Wildman–Crippen MR) is 112 cm³/mol. The van der Waals surface area contributed by atoms with E-state index in [9.17, 15) is 13.2 Å². The summed E-state index contributed by atoms with van der Waals surface area (Å²) >= 11 is 0. The first-order chi connectivity index (χ1) is 14.9. The first kappa shape index (κ1) is 21.2. The summed E-state index contributed by atoms with van der Waals surface area (Å²) in [6, 6.07) is 14.7. The van der Waals surface area contributed by atoms with Crippen molar-refractivity contribution < 1.29 is 22.5 Å². The number of carbonyl (C=O) groups is 1. The molecule has 1 aliphatic heterocycles. The molecule has 1 unspecified atom stereocenters.